The molecule has 0 radical (unpaired) electrons. The first-order valence-electron chi connectivity index (χ1n) is 13.1. The van der Waals surface area contributed by atoms with Gasteiger partial charge in [-0.05, 0) is 67.7 Å². The van der Waals surface area contributed by atoms with Gasteiger partial charge in [-0.1, -0.05) is 39.7 Å². The average Bonchev–Trinajstić information content (AvgIpc) is 2.86. The molecule has 3 rings (SSSR count). The van der Waals surface area contributed by atoms with E-state index in [4.69, 9.17) is 15.2 Å². The summed E-state index contributed by atoms with van der Waals surface area (Å²) in [6.45, 7) is 6.55. The van der Waals surface area contributed by atoms with Gasteiger partial charge in [0.15, 0.2) is 0 Å². The number of carbonyl (C=O) groups excluding carboxylic acids is 2. The Bertz CT molecular complexity index is 851. The number of fused-ring (bicyclic) bond motifs is 1. The number of nitrogens with one attached hydrogen (secondary N) is 1. The van der Waals surface area contributed by atoms with Gasteiger partial charge in [0.1, 0.15) is 0 Å². The van der Waals surface area contributed by atoms with Crippen molar-refractivity contribution in [2.45, 2.75) is 102 Å². The van der Waals surface area contributed by atoms with Crippen molar-refractivity contribution in [2.75, 3.05) is 14.2 Å². The summed E-state index contributed by atoms with van der Waals surface area (Å²) in [5.41, 5.74) is 8.58. The number of methoxy groups -OCH3 is 2. The fraction of sp³-hybridized carbons (Fsp3) is 0.714. The average molecular weight is 473 g/mol. The topological polar surface area (TPSA) is 90.6 Å². The molecule has 1 fully saturated rings. The van der Waals surface area contributed by atoms with Crippen LogP contribution < -0.4 is 11.1 Å². The highest BCUT2D eigenvalue weighted by Crippen LogP contribution is 2.45. The molecule has 0 aromatic heterocycles. The minimum absolute atomic E-state index is 0.0142. The third-order valence-electron chi connectivity index (χ3n) is 8.73. The van der Waals surface area contributed by atoms with E-state index in [0.29, 0.717) is 17.5 Å². The largest absolute Gasteiger partial charge is 0.469 e. The maximum absolute atomic E-state index is 12.2. The number of amides is 1. The van der Waals surface area contributed by atoms with E-state index in [9.17, 15) is 9.59 Å². The second-order valence-corrected chi connectivity index (χ2v) is 10.3. The van der Waals surface area contributed by atoms with Crippen LogP contribution in [0.15, 0.2) is 18.2 Å². The van der Waals surface area contributed by atoms with Gasteiger partial charge in [0, 0.05) is 36.6 Å². The van der Waals surface area contributed by atoms with Crippen LogP contribution in [0.2, 0.25) is 0 Å². The number of hydrogen-bond donors (Lipinski definition) is 2. The summed E-state index contributed by atoms with van der Waals surface area (Å²) in [7, 11) is 3.30. The Labute approximate surface area is 205 Å². The number of ether oxygens (including phenoxy) is 2. The van der Waals surface area contributed by atoms with E-state index in [1.807, 2.05) is 19.2 Å². The maximum atomic E-state index is 12.2. The first-order chi connectivity index (χ1) is 16.3. The van der Waals surface area contributed by atoms with Crippen molar-refractivity contribution in [3.8, 4) is 0 Å². The molecule has 5 atom stereocenters. The Kier molecular flexibility index (Phi) is 9.16. The molecule has 1 aromatic carbocycles. The van der Waals surface area contributed by atoms with Crippen LogP contribution in [0.4, 0.5) is 0 Å². The Balaban J connectivity index is 1.86. The Morgan fingerprint density at radius 1 is 1.18 bits per heavy atom. The maximum Gasteiger partial charge on any atom is 0.308 e. The van der Waals surface area contributed by atoms with E-state index < -0.39 is 0 Å². The molecule has 190 valence electrons. The lowest BCUT2D eigenvalue weighted by molar-refractivity contribution is -0.146. The molecule has 2 unspecified atom stereocenters. The zero-order valence-electron chi connectivity index (χ0n) is 21.7. The van der Waals surface area contributed by atoms with Gasteiger partial charge >= 0.3 is 5.97 Å². The van der Waals surface area contributed by atoms with Crippen LogP contribution in [-0.2, 0) is 26.1 Å². The quantitative estimate of drug-likeness (QED) is 0.489. The van der Waals surface area contributed by atoms with Gasteiger partial charge < -0.3 is 20.5 Å². The van der Waals surface area contributed by atoms with Gasteiger partial charge in [0.2, 0.25) is 5.91 Å². The molecule has 2 aliphatic rings. The van der Waals surface area contributed by atoms with E-state index in [1.54, 1.807) is 0 Å². The van der Waals surface area contributed by atoms with E-state index >= 15 is 0 Å². The molecule has 6 heteroatoms. The standard InChI is InChI=1S/C28H44N2O4/c1-6-19(27(32)34-5)14-18-10-9-11-22(15-18)30-25-24(33-4)17-20-12-13-21(26(29)31)16-23(20)28(25,7-2)8-3/h12-13,16,18-19,22,24-25,30H,6-11,14-15,17H2,1-5H3,(H2,29,31)/t18?,19?,22-,24-,25+/m1/s1. The number of carbonyl (C=O) groups is 2. The van der Waals surface area contributed by atoms with Gasteiger partial charge in [0.25, 0.3) is 0 Å². The van der Waals surface area contributed by atoms with Gasteiger partial charge in [-0.3, -0.25) is 9.59 Å². The lowest BCUT2D eigenvalue weighted by Gasteiger charge is -2.50. The van der Waals surface area contributed by atoms with Crippen LogP contribution in [0.5, 0.6) is 0 Å². The Morgan fingerprint density at radius 2 is 1.91 bits per heavy atom. The van der Waals surface area contributed by atoms with Crippen molar-refractivity contribution < 1.29 is 19.1 Å². The molecule has 1 amide bonds. The summed E-state index contributed by atoms with van der Waals surface area (Å²) in [6, 6.07) is 6.46. The van der Waals surface area contributed by atoms with E-state index in [0.717, 1.165) is 51.4 Å². The van der Waals surface area contributed by atoms with Crippen molar-refractivity contribution in [1.29, 1.82) is 0 Å². The molecule has 0 heterocycles. The molecule has 34 heavy (non-hydrogen) atoms. The predicted molar refractivity (Wildman–Crippen MR) is 135 cm³/mol. The van der Waals surface area contributed by atoms with Crippen LogP contribution in [0, 0.1) is 11.8 Å². The van der Waals surface area contributed by atoms with Gasteiger partial charge in [0.05, 0.1) is 19.1 Å². The second kappa shape index (κ2) is 11.7. The first kappa shape index (κ1) is 26.7. The highest BCUT2D eigenvalue weighted by Gasteiger charge is 2.48. The second-order valence-electron chi connectivity index (χ2n) is 10.3. The molecule has 0 bridgehead atoms. The molecular formula is C28H44N2O4. The van der Waals surface area contributed by atoms with Crippen molar-refractivity contribution in [1.82, 2.24) is 5.32 Å². The minimum Gasteiger partial charge on any atom is -0.469 e. The highest BCUT2D eigenvalue weighted by molar-refractivity contribution is 5.93. The molecular weight excluding hydrogens is 428 g/mol. The number of hydrogen-bond acceptors (Lipinski definition) is 5. The van der Waals surface area contributed by atoms with Crippen LogP contribution in [0.25, 0.3) is 0 Å². The molecule has 2 aliphatic carbocycles. The molecule has 3 N–H and O–H groups in total. The van der Waals surface area contributed by atoms with Gasteiger partial charge in [-0.15, -0.1) is 0 Å². The first-order valence-corrected chi connectivity index (χ1v) is 13.1. The minimum atomic E-state index is -0.381. The Hall–Kier alpha value is -1.92. The summed E-state index contributed by atoms with van der Waals surface area (Å²) in [4.78, 5) is 24.1. The van der Waals surface area contributed by atoms with Crippen LogP contribution >= 0.6 is 0 Å². The van der Waals surface area contributed by atoms with Gasteiger partial charge in [-0.25, -0.2) is 0 Å². The molecule has 1 aromatic rings. The zero-order chi connectivity index (χ0) is 24.9. The molecule has 6 nitrogen and oxygen atoms in total. The predicted octanol–water partition coefficient (Wildman–Crippen LogP) is 4.52. The monoisotopic (exact) mass is 472 g/mol. The van der Waals surface area contributed by atoms with Crippen LogP contribution in [0.3, 0.4) is 0 Å². The van der Waals surface area contributed by atoms with Crippen molar-refractivity contribution in [2.24, 2.45) is 17.6 Å². The van der Waals surface area contributed by atoms with Crippen LogP contribution in [-0.4, -0.2) is 44.3 Å². The molecule has 1 saturated carbocycles. The summed E-state index contributed by atoms with van der Waals surface area (Å²) in [5, 5.41) is 4.05. The van der Waals surface area contributed by atoms with E-state index in [1.165, 1.54) is 24.7 Å². The number of rotatable bonds is 10. The number of esters is 1. The SMILES string of the molecule is CCC(CC1CCC[C@@H](N[C@H]2[C@H](OC)Cc3ccc(C(N)=O)cc3C2(CC)CC)C1)C(=O)OC. The third kappa shape index (κ3) is 5.33. The van der Waals surface area contributed by atoms with E-state index in [-0.39, 0.29) is 35.4 Å². The van der Waals surface area contributed by atoms with Crippen molar-refractivity contribution >= 4 is 11.9 Å². The number of primary amides is 1. The highest BCUT2D eigenvalue weighted by atomic mass is 16.5. The lowest BCUT2D eigenvalue weighted by atomic mass is 9.62. The fourth-order valence-electron chi connectivity index (χ4n) is 6.70. The summed E-state index contributed by atoms with van der Waals surface area (Å²) < 4.78 is 11.1. The number of nitrogens with two attached hydrogens (primary N) is 1. The number of benzene rings is 1. The van der Waals surface area contributed by atoms with Crippen molar-refractivity contribution in [3.63, 3.8) is 0 Å². The summed E-state index contributed by atoms with van der Waals surface area (Å²) >= 11 is 0. The summed E-state index contributed by atoms with van der Waals surface area (Å²) in [5.74, 6) is 0.0431. The zero-order valence-corrected chi connectivity index (χ0v) is 21.7. The lowest BCUT2D eigenvalue weighted by Crippen LogP contribution is -2.61. The Morgan fingerprint density at radius 3 is 2.50 bits per heavy atom. The molecule has 0 spiro atoms. The fourth-order valence-corrected chi connectivity index (χ4v) is 6.70. The smallest absolute Gasteiger partial charge is 0.308 e. The summed E-state index contributed by atoms with van der Waals surface area (Å²) in [6.07, 6.45) is 9.04. The van der Waals surface area contributed by atoms with Crippen molar-refractivity contribution in [3.05, 3.63) is 34.9 Å². The molecule has 0 aliphatic heterocycles. The molecule has 0 saturated heterocycles. The van der Waals surface area contributed by atoms with Gasteiger partial charge in [-0.2, -0.15) is 0 Å². The normalized spacial score (nSPS) is 27.0. The van der Waals surface area contributed by atoms with Crippen LogP contribution in [0.1, 0.15) is 93.6 Å². The third-order valence-corrected chi connectivity index (χ3v) is 8.73. The van der Waals surface area contributed by atoms with E-state index in [2.05, 4.69) is 32.2 Å².